The summed E-state index contributed by atoms with van der Waals surface area (Å²) in [5.41, 5.74) is 0.501. The Morgan fingerprint density at radius 2 is 1.80 bits per heavy atom. The average molecular weight is 278 g/mol. The Labute approximate surface area is 119 Å². The van der Waals surface area contributed by atoms with Crippen LogP contribution in [0.2, 0.25) is 0 Å². The molecule has 1 rings (SSSR count). The molecule has 1 atom stereocenters. The van der Waals surface area contributed by atoms with E-state index < -0.39 is 17.6 Å². The highest BCUT2D eigenvalue weighted by atomic mass is 16.5. The van der Waals surface area contributed by atoms with Crippen molar-refractivity contribution in [2.45, 2.75) is 33.4 Å². The smallest absolute Gasteiger partial charge is 0.408 e. The molecule has 0 saturated heterocycles. The van der Waals surface area contributed by atoms with E-state index in [-0.39, 0.29) is 12.5 Å². The third-order valence-electron chi connectivity index (χ3n) is 2.85. The molecule has 0 heterocycles. The maximum atomic E-state index is 11.8. The Balaban J connectivity index is 2.57. The monoisotopic (exact) mass is 278 g/mol. The van der Waals surface area contributed by atoms with E-state index in [2.05, 4.69) is 10.6 Å². The van der Waals surface area contributed by atoms with Crippen molar-refractivity contribution >= 4 is 12.0 Å². The van der Waals surface area contributed by atoms with Gasteiger partial charge in [-0.05, 0) is 11.0 Å². The summed E-state index contributed by atoms with van der Waals surface area (Å²) in [4.78, 5) is 23.6. The highest BCUT2D eigenvalue weighted by molar-refractivity contribution is 5.86. The van der Waals surface area contributed by atoms with Gasteiger partial charge >= 0.3 is 6.09 Å². The van der Waals surface area contributed by atoms with Crippen LogP contribution in [0.15, 0.2) is 30.3 Å². The molecule has 0 aliphatic heterocycles. The first-order chi connectivity index (χ1) is 9.34. The zero-order chi connectivity index (χ0) is 15.2. The van der Waals surface area contributed by atoms with Gasteiger partial charge in [0.1, 0.15) is 12.6 Å². The molecule has 2 amide bonds. The van der Waals surface area contributed by atoms with Crippen LogP contribution in [-0.2, 0) is 16.1 Å². The molecule has 20 heavy (non-hydrogen) atoms. The molecular formula is C15H22N2O3. The molecule has 1 aromatic rings. The Morgan fingerprint density at radius 3 is 2.30 bits per heavy atom. The Hall–Kier alpha value is -2.04. The van der Waals surface area contributed by atoms with Crippen molar-refractivity contribution in [2.75, 3.05) is 7.05 Å². The second kappa shape index (κ2) is 6.93. The number of ether oxygens (including phenoxy) is 1. The average Bonchev–Trinajstić information content (AvgIpc) is 2.41. The molecule has 5 nitrogen and oxygen atoms in total. The molecule has 0 aliphatic rings. The molecule has 0 radical (unpaired) electrons. The fraction of sp³-hybridized carbons (Fsp3) is 0.467. The quantitative estimate of drug-likeness (QED) is 0.886. The van der Waals surface area contributed by atoms with Crippen LogP contribution in [0.3, 0.4) is 0 Å². The van der Waals surface area contributed by atoms with Gasteiger partial charge in [-0.25, -0.2) is 4.79 Å². The second-order valence-corrected chi connectivity index (χ2v) is 5.62. The van der Waals surface area contributed by atoms with Crippen molar-refractivity contribution in [3.63, 3.8) is 0 Å². The first-order valence-electron chi connectivity index (χ1n) is 6.53. The topological polar surface area (TPSA) is 67.4 Å². The van der Waals surface area contributed by atoms with Gasteiger partial charge in [0.05, 0.1) is 0 Å². The molecule has 0 spiro atoms. The molecule has 1 aromatic carbocycles. The summed E-state index contributed by atoms with van der Waals surface area (Å²) in [6.07, 6.45) is -0.600. The lowest BCUT2D eigenvalue weighted by Crippen LogP contribution is -2.52. The van der Waals surface area contributed by atoms with Crippen LogP contribution in [-0.4, -0.2) is 25.1 Å². The Bertz CT molecular complexity index is 452. The first-order valence-corrected chi connectivity index (χ1v) is 6.53. The van der Waals surface area contributed by atoms with E-state index in [9.17, 15) is 9.59 Å². The summed E-state index contributed by atoms with van der Waals surface area (Å²) >= 11 is 0. The fourth-order valence-corrected chi connectivity index (χ4v) is 1.70. The number of nitrogens with one attached hydrogen (secondary N) is 2. The van der Waals surface area contributed by atoms with Gasteiger partial charge in [-0.3, -0.25) is 4.79 Å². The standard InChI is InChI=1S/C15H22N2O3/c1-15(2,3)12(13(18)16-4)17-14(19)20-10-11-8-6-5-7-9-11/h5-9,12H,10H2,1-4H3,(H,16,18)(H,17,19)/t12-/m1/s1. The van der Waals surface area contributed by atoms with E-state index in [1.54, 1.807) is 0 Å². The normalized spacial score (nSPS) is 12.4. The number of alkyl carbamates (subject to hydrolysis) is 1. The summed E-state index contributed by atoms with van der Waals surface area (Å²) in [6.45, 7) is 5.82. The van der Waals surface area contributed by atoms with Crippen LogP contribution < -0.4 is 10.6 Å². The highest BCUT2D eigenvalue weighted by Crippen LogP contribution is 2.19. The number of hydrogen-bond acceptors (Lipinski definition) is 3. The Morgan fingerprint density at radius 1 is 1.20 bits per heavy atom. The van der Waals surface area contributed by atoms with E-state index in [0.29, 0.717) is 0 Å². The van der Waals surface area contributed by atoms with Gasteiger partial charge in [0.2, 0.25) is 5.91 Å². The molecule has 110 valence electrons. The van der Waals surface area contributed by atoms with Gasteiger partial charge in [-0.15, -0.1) is 0 Å². The van der Waals surface area contributed by atoms with Crippen molar-refractivity contribution < 1.29 is 14.3 Å². The van der Waals surface area contributed by atoms with Gasteiger partial charge in [0.15, 0.2) is 0 Å². The minimum absolute atomic E-state index is 0.178. The molecule has 2 N–H and O–H groups in total. The summed E-state index contributed by atoms with van der Waals surface area (Å²) in [7, 11) is 1.54. The van der Waals surface area contributed by atoms with Crippen LogP contribution in [0, 0.1) is 5.41 Å². The molecule has 0 fully saturated rings. The minimum Gasteiger partial charge on any atom is -0.445 e. The number of carbonyl (C=O) groups excluding carboxylic acids is 2. The highest BCUT2D eigenvalue weighted by Gasteiger charge is 2.32. The SMILES string of the molecule is CNC(=O)[C@@H](NC(=O)OCc1ccccc1)C(C)(C)C. The third-order valence-corrected chi connectivity index (χ3v) is 2.85. The predicted molar refractivity (Wildman–Crippen MR) is 77.1 cm³/mol. The molecule has 0 aliphatic carbocycles. The lowest BCUT2D eigenvalue weighted by Gasteiger charge is -2.29. The van der Waals surface area contributed by atoms with Gasteiger partial charge < -0.3 is 15.4 Å². The number of benzene rings is 1. The maximum absolute atomic E-state index is 11.8. The van der Waals surface area contributed by atoms with Crippen molar-refractivity contribution in [1.82, 2.24) is 10.6 Å². The van der Waals surface area contributed by atoms with E-state index in [1.165, 1.54) is 7.05 Å². The number of hydrogen-bond donors (Lipinski definition) is 2. The summed E-state index contributed by atoms with van der Waals surface area (Å²) < 4.78 is 5.12. The minimum atomic E-state index is -0.643. The van der Waals surface area contributed by atoms with Crippen molar-refractivity contribution in [1.29, 1.82) is 0 Å². The fourth-order valence-electron chi connectivity index (χ4n) is 1.70. The second-order valence-electron chi connectivity index (χ2n) is 5.62. The predicted octanol–water partition coefficient (Wildman–Crippen LogP) is 2.07. The summed E-state index contributed by atoms with van der Waals surface area (Å²) in [6, 6.07) is 8.74. The van der Waals surface area contributed by atoms with Gasteiger partial charge in [-0.2, -0.15) is 0 Å². The number of carbonyl (C=O) groups is 2. The van der Waals surface area contributed by atoms with Crippen molar-refractivity contribution in [3.05, 3.63) is 35.9 Å². The molecular weight excluding hydrogens is 256 g/mol. The summed E-state index contributed by atoms with van der Waals surface area (Å²) in [5.74, 6) is -0.242. The van der Waals surface area contributed by atoms with Crippen LogP contribution in [0.1, 0.15) is 26.3 Å². The van der Waals surface area contributed by atoms with E-state index >= 15 is 0 Å². The molecule has 5 heteroatoms. The molecule has 0 saturated carbocycles. The van der Waals surface area contributed by atoms with Crippen LogP contribution in [0.5, 0.6) is 0 Å². The zero-order valence-electron chi connectivity index (χ0n) is 12.4. The zero-order valence-corrected chi connectivity index (χ0v) is 12.4. The lowest BCUT2D eigenvalue weighted by atomic mass is 9.86. The van der Waals surface area contributed by atoms with Crippen molar-refractivity contribution in [3.8, 4) is 0 Å². The van der Waals surface area contributed by atoms with Gasteiger partial charge in [0, 0.05) is 7.05 Å². The van der Waals surface area contributed by atoms with Gasteiger partial charge in [-0.1, -0.05) is 51.1 Å². The van der Waals surface area contributed by atoms with Crippen molar-refractivity contribution in [2.24, 2.45) is 5.41 Å². The molecule has 0 unspecified atom stereocenters. The lowest BCUT2D eigenvalue weighted by molar-refractivity contribution is -0.125. The van der Waals surface area contributed by atoms with Crippen LogP contribution in [0.4, 0.5) is 4.79 Å². The van der Waals surface area contributed by atoms with Crippen LogP contribution >= 0.6 is 0 Å². The number of rotatable bonds is 4. The first kappa shape index (κ1) is 16.0. The Kier molecular flexibility index (Phi) is 5.55. The van der Waals surface area contributed by atoms with E-state index in [4.69, 9.17) is 4.74 Å². The van der Waals surface area contributed by atoms with Crippen LogP contribution in [0.25, 0.3) is 0 Å². The largest absolute Gasteiger partial charge is 0.445 e. The van der Waals surface area contributed by atoms with Gasteiger partial charge in [0.25, 0.3) is 0 Å². The molecule has 0 aromatic heterocycles. The van der Waals surface area contributed by atoms with E-state index in [1.807, 2.05) is 51.1 Å². The molecule has 0 bridgehead atoms. The maximum Gasteiger partial charge on any atom is 0.408 e. The number of likely N-dealkylation sites (N-methyl/N-ethyl adjacent to an activating group) is 1. The van der Waals surface area contributed by atoms with E-state index in [0.717, 1.165) is 5.56 Å². The summed E-state index contributed by atoms with van der Waals surface area (Å²) in [5, 5.41) is 5.15. The number of amides is 2. The third kappa shape index (κ3) is 4.91.